The zero-order valence-electron chi connectivity index (χ0n) is 15.7. The summed E-state index contributed by atoms with van der Waals surface area (Å²) in [6, 6.07) is 8.89. The minimum absolute atomic E-state index is 0.00883. The van der Waals surface area contributed by atoms with E-state index in [1.807, 2.05) is 44.2 Å². The number of aromatic amines is 1. The standard InChI is InChI=1S/C18H25N5O3S/c1-12(2)9-16(24)23-11-14(22-27(3,25)26)10-15(23)18-19-17(20-21-18)13-7-5-4-6-8-13/h4-8,12,14-15,22H,9-11H2,1-3H3,(H,19,20,21)/t14-,15-/m0/s1. The summed E-state index contributed by atoms with van der Waals surface area (Å²) >= 11 is 0. The third-order valence-corrected chi connectivity index (χ3v) is 5.20. The predicted octanol–water partition coefficient (Wildman–Crippen LogP) is 1.71. The highest BCUT2D eigenvalue weighted by molar-refractivity contribution is 7.88. The second kappa shape index (κ2) is 7.77. The molecule has 8 nitrogen and oxygen atoms in total. The average Bonchev–Trinajstić information content (AvgIpc) is 3.20. The van der Waals surface area contributed by atoms with Crippen LogP contribution < -0.4 is 4.72 Å². The van der Waals surface area contributed by atoms with Gasteiger partial charge in [0.2, 0.25) is 15.9 Å². The molecule has 1 aliphatic rings. The number of carbonyl (C=O) groups is 1. The highest BCUT2D eigenvalue weighted by Gasteiger charge is 2.39. The molecule has 1 amide bonds. The van der Waals surface area contributed by atoms with Crippen molar-refractivity contribution in [2.75, 3.05) is 12.8 Å². The number of nitrogens with zero attached hydrogens (tertiary/aromatic N) is 3. The maximum absolute atomic E-state index is 12.7. The first kappa shape index (κ1) is 19.5. The fraction of sp³-hybridized carbons (Fsp3) is 0.500. The molecule has 1 aromatic carbocycles. The number of carbonyl (C=O) groups excluding carboxylic acids is 1. The summed E-state index contributed by atoms with van der Waals surface area (Å²) in [5, 5.41) is 7.21. The molecule has 1 saturated heterocycles. The quantitative estimate of drug-likeness (QED) is 0.779. The molecule has 0 radical (unpaired) electrons. The number of benzene rings is 1. The Bertz CT molecular complexity index is 895. The van der Waals surface area contributed by atoms with Crippen molar-refractivity contribution in [3.05, 3.63) is 36.2 Å². The molecule has 27 heavy (non-hydrogen) atoms. The van der Waals surface area contributed by atoms with Crippen molar-refractivity contribution in [2.45, 2.75) is 38.8 Å². The van der Waals surface area contributed by atoms with E-state index in [4.69, 9.17) is 0 Å². The van der Waals surface area contributed by atoms with E-state index in [1.54, 1.807) is 4.90 Å². The summed E-state index contributed by atoms with van der Waals surface area (Å²) in [6.45, 7) is 4.29. The van der Waals surface area contributed by atoms with Gasteiger partial charge in [-0.1, -0.05) is 44.2 Å². The van der Waals surface area contributed by atoms with Gasteiger partial charge in [0, 0.05) is 24.6 Å². The van der Waals surface area contributed by atoms with Gasteiger partial charge < -0.3 is 4.90 Å². The zero-order chi connectivity index (χ0) is 19.6. The lowest BCUT2D eigenvalue weighted by atomic mass is 10.1. The van der Waals surface area contributed by atoms with E-state index in [0.29, 0.717) is 31.0 Å². The predicted molar refractivity (Wildman–Crippen MR) is 102 cm³/mol. The van der Waals surface area contributed by atoms with Crippen molar-refractivity contribution in [1.82, 2.24) is 24.8 Å². The summed E-state index contributed by atoms with van der Waals surface area (Å²) < 4.78 is 25.9. The average molecular weight is 391 g/mol. The summed E-state index contributed by atoms with van der Waals surface area (Å²) in [5.74, 6) is 1.34. The number of hydrogen-bond donors (Lipinski definition) is 2. The lowest BCUT2D eigenvalue weighted by Crippen LogP contribution is -2.38. The molecule has 2 aromatic rings. The second-order valence-corrected chi connectivity index (χ2v) is 9.17. The van der Waals surface area contributed by atoms with Gasteiger partial charge in [0.05, 0.1) is 12.3 Å². The number of aromatic nitrogens is 3. The van der Waals surface area contributed by atoms with Gasteiger partial charge in [-0.15, -0.1) is 0 Å². The molecule has 3 rings (SSSR count). The van der Waals surface area contributed by atoms with Crippen molar-refractivity contribution in [2.24, 2.45) is 5.92 Å². The maximum Gasteiger partial charge on any atom is 0.223 e. The molecule has 0 saturated carbocycles. The molecule has 2 heterocycles. The van der Waals surface area contributed by atoms with E-state index in [9.17, 15) is 13.2 Å². The van der Waals surface area contributed by atoms with Gasteiger partial charge in [0.1, 0.15) is 5.82 Å². The fourth-order valence-corrected chi connectivity index (χ4v) is 4.14. The van der Waals surface area contributed by atoms with Gasteiger partial charge in [-0.05, 0) is 12.3 Å². The van der Waals surface area contributed by atoms with Crippen LogP contribution in [0.3, 0.4) is 0 Å². The molecule has 1 aliphatic heterocycles. The SMILES string of the molecule is CC(C)CC(=O)N1C[C@@H](NS(C)(=O)=O)C[C@H]1c1nc(-c2ccccc2)n[nH]1. The smallest absolute Gasteiger partial charge is 0.223 e. The third-order valence-electron chi connectivity index (χ3n) is 4.44. The highest BCUT2D eigenvalue weighted by Crippen LogP contribution is 2.32. The largest absolute Gasteiger partial charge is 0.331 e. The molecule has 2 atom stereocenters. The van der Waals surface area contributed by atoms with Crippen LogP contribution in [-0.4, -0.2) is 53.2 Å². The summed E-state index contributed by atoms with van der Waals surface area (Å²) in [4.78, 5) is 19.0. The van der Waals surface area contributed by atoms with Crippen LogP contribution in [0.25, 0.3) is 11.4 Å². The minimum atomic E-state index is -3.36. The van der Waals surface area contributed by atoms with E-state index < -0.39 is 10.0 Å². The Morgan fingerprint density at radius 1 is 1.33 bits per heavy atom. The van der Waals surface area contributed by atoms with Gasteiger partial charge >= 0.3 is 0 Å². The van der Waals surface area contributed by atoms with Crippen LogP contribution in [0.15, 0.2) is 30.3 Å². The minimum Gasteiger partial charge on any atom is -0.331 e. The van der Waals surface area contributed by atoms with Crippen LogP contribution in [0.1, 0.15) is 38.6 Å². The van der Waals surface area contributed by atoms with E-state index >= 15 is 0 Å². The first-order valence-electron chi connectivity index (χ1n) is 8.97. The second-order valence-electron chi connectivity index (χ2n) is 7.39. The Labute approximate surface area is 159 Å². The number of H-pyrrole nitrogens is 1. The van der Waals surface area contributed by atoms with Gasteiger partial charge in [-0.3, -0.25) is 9.89 Å². The molecule has 9 heteroatoms. The number of nitrogens with one attached hydrogen (secondary N) is 2. The van der Waals surface area contributed by atoms with Gasteiger partial charge in [0.25, 0.3) is 0 Å². The Balaban J connectivity index is 1.85. The lowest BCUT2D eigenvalue weighted by molar-refractivity contribution is -0.133. The molecule has 0 unspecified atom stereocenters. The van der Waals surface area contributed by atoms with Crippen LogP contribution >= 0.6 is 0 Å². The van der Waals surface area contributed by atoms with Crippen molar-refractivity contribution in [3.63, 3.8) is 0 Å². The van der Waals surface area contributed by atoms with Crippen molar-refractivity contribution in [3.8, 4) is 11.4 Å². The molecule has 1 aromatic heterocycles. The lowest BCUT2D eigenvalue weighted by Gasteiger charge is -2.23. The van der Waals surface area contributed by atoms with Crippen molar-refractivity contribution < 1.29 is 13.2 Å². The van der Waals surface area contributed by atoms with Crippen LogP contribution in [0, 0.1) is 5.92 Å². The van der Waals surface area contributed by atoms with Crippen molar-refractivity contribution in [1.29, 1.82) is 0 Å². The maximum atomic E-state index is 12.7. The normalized spacial score (nSPS) is 20.4. The van der Waals surface area contributed by atoms with E-state index in [2.05, 4.69) is 19.9 Å². The number of sulfonamides is 1. The summed E-state index contributed by atoms with van der Waals surface area (Å²) in [6.07, 6.45) is 1.99. The molecule has 2 N–H and O–H groups in total. The van der Waals surface area contributed by atoms with Crippen LogP contribution in [-0.2, 0) is 14.8 Å². The van der Waals surface area contributed by atoms with Gasteiger partial charge in [-0.2, -0.15) is 5.10 Å². The van der Waals surface area contributed by atoms with Crippen LogP contribution in [0.5, 0.6) is 0 Å². The first-order valence-corrected chi connectivity index (χ1v) is 10.9. The monoisotopic (exact) mass is 391 g/mol. The third kappa shape index (κ3) is 4.92. The molecule has 146 valence electrons. The Morgan fingerprint density at radius 2 is 2.04 bits per heavy atom. The molecular formula is C18H25N5O3S. The van der Waals surface area contributed by atoms with Gasteiger partial charge in [-0.25, -0.2) is 18.1 Å². The number of hydrogen-bond acceptors (Lipinski definition) is 5. The molecule has 1 fully saturated rings. The summed E-state index contributed by atoms with van der Waals surface area (Å²) in [5.41, 5.74) is 0.879. The van der Waals surface area contributed by atoms with Crippen LogP contribution in [0.2, 0.25) is 0 Å². The van der Waals surface area contributed by atoms with E-state index in [-0.39, 0.29) is 23.9 Å². The molecular weight excluding hydrogens is 366 g/mol. The number of amides is 1. The number of likely N-dealkylation sites (tertiary alicyclic amines) is 1. The number of rotatable bonds is 6. The Hall–Kier alpha value is -2.26. The van der Waals surface area contributed by atoms with E-state index in [1.165, 1.54) is 0 Å². The topological polar surface area (TPSA) is 108 Å². The van der Waals surface area contributed by atoms with Crippen LogP contribution in [0.4, 0.5) is 0 Å². The highest BCUT2D eigenvalue weighted by atomic mass is 32.2. The zero-order valence-corrected chi connectivity index (χ0v) is 16.5. The van der Waals surface area contributed by atoms with Gasteiger partial charge in [0.15, 0.2) is 5.82 Å². The molecule has 0 spiro atoms. The molecule has 0 bridgehead atoms. The van der Waals surface area contributed by atoms with E-state index in [0.717, 1.165) is 11.8 Å². The summed E-state index contributed by atoms with van der Waals surface area (Å²) in [7, 11) is -3.36. The first-order chi connectivity index (χ1) is 12.7. The fourth-order valence-electron chi connectivity index (χ4n) is 3.37. The Morgan fingerprint density at radius 3 is 2.67 bits per heavy atom. The Kier molecular flexibility index (Phi) is 5.61. The molecule has 0 aliphatic carbocycles. The van der Waals surface area contributed by atoms with Crippen molar-refractivity contribution >= 4 is 15.9 Å².